The van der Waals surface area contributed by atoms with Crippen molar-refractivity contribution in [3.05, 3.63) is 65.0 Å². The van der Waals surface area contributed by atoms with Gasteiger partial charge in [0.25, 0.3) is 0 Å². The second-order valence-corrected chi connectivity index (χ2v) is 10.3. The molecule has 34 heavy (non-hydrogen) atoms. The Kier molecular flexibility index (Phi) is 6.54. The zero-order valence-electron chi connectivity index (χ0n) is 17.5. The number of urea groups is 1. The topological polar surface area (TPSA) is 96.6 Å². The quantitative estimate of drug-likeness (QED) is 0.516. The van der Waals surface area contributed by atoms with Crippen LogP contribution in [0.25, 0.3) is 11.5 Å². The van der Waals surface area contributed by atoms with E-state index < -0.39 is 21.9 Å². The predicted octanol–water partition coefficient (Wildman–Crippen LogP) is 4.27. The third kappa shape index (κ3) is 5.50. The summed E-state index contributed by atoms with van der Waals surface area (Å²) in [6.45, 7) is 0.299. The molecule has 0 unspecified atom stereocenters. The SMILES string of the molecule is O=C(N1CCS(=O)(=O)CC1)N(Cc1ccc(-c2nnc(C(F)(F)F)o2)cc1)c1ccc(Cl)cc1. The molecule has 180 valence electrons. The van der Waals surface area contributed by atoms with Gasteiger partial charge in [-0.15, -0.1) is 10.2 Å². The first kappa shape index (κ1) is 24.0. The van der Waals surface area contributed by atoms with Gasteiger partial charge >= 0.3 is 18.1 Å². The zero-order chi connectivity index (χ0) is 24.5. The molecule has 3 aromatic rings. The molecule has 1 fully saturated rings. The molecule has 1 aliphatic heterocycles. The first-order chi connectivity index (χ1) is 16.0. The number of benzene rings is 2. The summed E-state index contributed by atoms with van der Waals surface area (Å²) in [6, 6.07) is 12.5. The second-order valence-electron chi connectivity index (χ2n) is 7.59. The van der Waals surface area contributed by atoms with Crippen LogP contribution in [-0.4, -0.2) is 54.1 Å². The summed E-state index contributed by atoms with van der Waals surface area (Å²) in [4.78, 5) is 16.2. The Balaban J connectivity index is 1.56. The average Bonchev–Trinajstić information content (AvgIpc) is 3.29. The molecule has 2 amide bonds. The summed E-state index contributed by atoms with van der Waals surface area (Å²) in [7, 11) is -3.16. The van der Waals surface area contributed by atoms with Crippen LogP contribution in [0.3, 0.4) is 0 Å². The van der Waals surface area contributed by atoms with Gasteiger partial charge in [-0.25, -0.2) is 13.2 Å². The highest BCUT2D eigenvalue weighted by Gasteiger charge is 2.38. The maximum atomic E-state index is 13.3. The molecule has 0 spiro atoms. The lowest BCUT2D eigenvalue weighted by molar-refractivity contribution is -0.156. The van der Waals surface area contributed by atoms with Crippen LogP contribution in [0.1, 0.15) is 11.5 Å². The van der Waals surface area contributed by atoms with Gasteiger partial charge < -0.3 is 9.32 Å². The fraction of sp³-hybridized carbons (Fsp3) is 0.286. The molecule has 4 rings (SSSR count). The van der Waals surface area contributed by atoms with Crippen LogP contribution in [0.2, 0.25) is 5.02 Å². The number of hydrogen-bond donors (Lipinski definition) is 0. The molecular formula is C21H18ClF3N4O4S. The molecule has 1 aliphatic rings. The number of anilines is 1. The van der Waals surface area contributed by atoms with Crippen LogP contribution in [-0.2, 0) is 22.6 Å². The van der Waals surface area contributed by atoms with Crippen molar-refractivity contribution in [3.63, 3.8) is 0 Å². The Morgan fingerprint density at radius 2 is 1.65 bits per heavy atom. The minimum Gasteiger partial charge on any atom is -0.413 e. The first-order valence-electron chi connectivity index (χ1n) is 10.0. The molecule has 0 atom stereocenters. The van der Waals surface area contributed by atoms with E-state index in [1.165, 1.54) is 21.9 Å². The third-order valence-electron chi connectivity index (χ3n) is 5.19. The van der Waals surface area contributed by atoms with E-state index in [0.29, 0.717) is 16.3 Å². The first-order valence-corrected chi connectivity index (χ1v) is 12.2. The molecule has 2 heterocycles. The van der Waals surface area contributed by atoms with Crippen molar-refractivity contribution in [1.82, 2.24) is 15.1 Å². The maximum absolute atomic E-state index is 13.3. The summed E-state index contributed by atoms with van der Waals surface area (Å²) in [5.74, 6) is -1.92. The standard InChI is InChI=1S/C21H18ClF3N4O4S/c22-16-5-7-17(8-6-16)29(20(30)28-9-11-34(31,32)12-10-28)13-14-1-3-15(4-2-14)18-26-27-19(33-18)21(23,24)25/h1-8H,9-13H2. The van der Waals surface area contributed by atoms with Gasteiger partial charge in [0, 0.05) is 29.4 Å². The van der Waals surface area contributed by atoms with E-state index in [0.717, 1.165) is 0 Å². The molecule has 2 aromatic carbocycles. The van der Waals surface area contributed by atoms with Crippen molar-refractivity contribution >= 4 is 33.2 Å². The van der Waals surface area contributed by atoms with E-state index in [9.17, 15) is 26.4 Å². The van der Waals surface area contributed by atoms with Crippen LogP contribution >= 0.6 is 11.6 Å². The molecule has 0 saturated carbocycles. The van der Waals surface area contributed by atoms with Gasteiger partial charge in [-0.05, 0) is 42.0 Å². The van der Waals surface area contributed by atoms with E-state index in [-0.39, 0.29) is 48.6 Å². The zero-order valence-corrected chi connectivity index (χ0v) is 19.1. The Hall–Kier alpha value is -3.12. The van der Waals surface area contributed by atoms with Crippen LogP contribution in [0, 0.1) is 0 Å². The number of carbonyl (C=O) groups is 1. The number of alkyl halides is 3. The van der Waals surface area contributed by atoms with Crippen LogP contribution in [0.5, 0.6) is 0 Å². The fourth-order valence-corrected chi connectivity index (χ4v) is 4.68. The monoisotopic (exact) mass is 514 g/mol. The lowest BCUT2D eigenvalue weighted by Crippen LogP contribution is -2.49. The number of aromatic nitrogens is 2. The lowest BCUT2D eigenvalue weighted by atomic mass is 10.1. The summed E-state index contributed by atoms with van der Waals surface area (Å²) in [5, 5.41) is 6.93. The predicted molar refractivity (Wildman–Crippen MR) is 118 cm³/mol. The molecule has 0 bridgehead atoms. The van der Waals surface area contributed by atoms with Crippen molar-refractivity contribution < 1.29 is 30.8 Å². The molecule has 0 N–H and O–H groups in total. The van der Waals surface area contributed by atoms with Crippen LogP contribution < -0.4 is 4.90 Å². The van der Waals surface area contributed by atoms with E-state index in [2.05, 4.69) is 14.6 Å². The number of halogens is 4. The fourth-order valence-electron chi connectivity index (χ4n) is 3.35. The van der Waals surface area contributed by atoms with E-state index >= 15 is 0 Å². The van der Waals surface area contributed by atoms with Gasteiger partial charge in [0.15, 0.2) is 9.84 Å². The van der Waals surface area contributed by atoms with Gasteiger partial charge in [0.1, 0.15) is 0 Å². The van der Waals surface area contributed by atoms with Gasteiger partial charge in [0.05, 0.1) is 18.1 Å². The second kappa shape index (κ2) is 9.26. The molecule has 8 nitrogen and oxygen atoms in total. The molecule has 13 heteroatoms. The largest absolute Gasteiger partial charge is 0.470 e. The van der Waals surface area contributed by atoms with Crippen molar-refractivity contribution in [2.45, 2.75) is 12.7 Å². The lowest BCUT2D eigenvalue weighted by Gasteiger charge is -2.33. The van der Waals surface area contributed by atoms with E-state index in [1.807, 2.05) is 0 Å². The van der Waals surface area contributed by atoms with Crippen molar-refractivity contribution in [2.75, 3.05) is 29.5 Å². The molecule has 1 saturated heterocycles. The number of sulfone groups is 1. The Labute approximate surface area is 197 Å². The van der Waals surface area contributed by atoms with Crippen molar-refractivity contribution in [1.29, 1.82) is 0 Å². The van der Waals surface area contributed by atoms with Crippen molar-refractivity contribution in [2.24, 2.45) is 0 Å². The number of amides is 2. The van der Waals surface area contributed by atoms with Gasteiger partial charge in [-0.3, -0.25) is 4.90 Å². The highest BCUT2D eigenvalue weighted by atomic mass is 35.5. The average molecular weight is 515 g/mol. The molecular weight excluding hydrogens is 497 g/mol. The van der Waals surface area contributed by atoms with Crippen molar-refractivity contribution in [3.8, 4) is 11.5 Å². The Morgan fingerprint density at radius 1 is 1.03 bits per heavy atom. The Morgan fingerprint density at radius 3 is 2.21 bits per heavy atom. The van der Waals surface area contributed by atoms with Gasteiger partial charge in [-0.2, -0.15) is 13.2 Å². The van der Waals surface area contributed by atoms with Gasteiger partial charge in [0.2, 0.25) is 5.89 Å². The van der Waals surface area contributed by atoms with Crippen LogP contribution in [0.15, 0.2) is 52.9 Å². The maximum Gasteiger partial charge on any atom is 0.470 e. The van der Waals surface area contributed by atoms with E-state index in [4.69, 9.17) is 11.6 Å². The summed E-state index contributed by atoms with van der Waals surface area (Å²) in [6.07, 6.45) is -4.74. The minimum absolute atomic E-state index is 0.0862. The smallest absolute Gasteiger partial charge is 0.413 e. The van der Waals surface area contributed by atoms with Crippen LogP contribution in [0.4, 0.5) is 23.7 Å². The van der Waals surface area contributed by atoms with E-state index in [1.54, 1.807) is 36.4 Å². The molecule has 0 radical (unpaired) electrons. The summed E-state index contributed by atoms with van der Waals surface area (Å²) >= 11 is 5.97. The summed E-state index contributed by atoms with van der Waals surface area (Å²) in [5.41, 5.74) is 1.52. The number of carbonyl (C=O) groups excluding carboxylic acids is 1. The Bertz CT molecular complexity index is 1260. The molecule has 1 aromatic heterocycles. The highest BCUT2D eigenvalue weighted by molar-refractivity contribution is 7.91. The normalized spacial score (nSPS) is 15.8. The molecule has 0 aliphatic carbocycles. The number of nitrogens with zero attached hydrogens (tertiary/aromatic N) is 4. The summed E-state index contributed by atoms with van der Waals surface area (Å²) < 4.78 is 66.3. The third-order valence-corrected chi connectivity index (χ3v) is 7.05. The number of rotatable bonds is 4. The minimum atomic E-state index is -4.74. The number of hydrogen-bond acceptors (Lipinski definition) is 6. The van der Waals surface area contributed by atoms with Gasteiger partial charge in [-0.1, -0.05) is 23.7 Å². The highest BCUT2D eigenvalue weighted by Crippen LogP contribution is 2.30.